The molecule has 0 spiro atoms. The van der Waals surface area contributed by atoms with Crippen molar-refractivity contribution in [3.8, 4) is 0 Å². The van der Waals surface area contributed by atoms with E-state index in [9.17, 15) is 4.79 Å². The molecule has 0 radical (unpaired) electrons. The average molecular weight is 274 g/mol. The van der Waals surface area contributed by atoms with E-state index in [1.54, 1.807) is 11.1 Å². The lowest BCUT2D eigenvalue weighted by molar-refractivity contribution is -0.122. The second-order valence-electron chi connectivity index (χ2n) is 5.03. The van der Waals surface area contributed by atoms with Crippen LogP contribution in [0.1, 0.15) is 5.56 Å². The first-order valence-electron chi connectivity index (χ1n) is 6.67. The molecule has 2 aliphatic rings. The number of likely N-dealkylation sites (N-methyl/N-ethyl adjacent to an activating group) is 1. The highest BCUT2D eigenvalue weighted by Gasteiger charge is 2.35. The van der Waals surface area contributed by atoms with E-state index >= 15 is 0 Å². The zero-order chi connectivity index (χ0) is 14.1. The summed E-state index contributed by atoms with van der Waals surface area (Å²) < 4.78 is 5.53. The monoisotopic (exact) mass is 274 g/mol. The van der Waals surface area contributed by atoms with Gasteiger partial charge in [-0.2, -0.15) is 0 Å². The van der Waals surface area contributed by atoms with Crippen LogP contribution in [0.4, 0.5) is 5.69 Å². The van der Waals surface area contributed by atoms with Crippen molar-refractivity contribution in [2.75, 3.05) is 31.7 Å². The highest BCUT2D eigenvalue weighted by atomic mass is 16.5. The highest BCUT2D eigenvalue weighted by molar-refractivity contribution is 6.05. The Balaban J connectivity index is 2.05. The summed E-state index contributed by atoms with van der Waals surface area (Å²) in [7, 11) is 1.99. The molecule has 2 N–H and O–H groups in total. The Morgan fingerprint density at radius 1 is 1.40 bits per heavy atom. The Morgan fingerprint density at radius 2 is 2.20 bits per heavy atom. The van der Waals surface area contributed by atoms with Crippen molar-refractivity contribution < 1.29 is 9.53 Å². The number of benzodiazepines with no additional fused rings is 1. The van der Waals surface area contributed by atoms with Crippen molar-refractivity contribution in [1.82, 2.24) is 4.90 Å². The fraction of sp³-hybridized carbons (Fsp3) is 0.429. The predicted molar refractivity (Wildman–Crippen MR) is 76.7 cm³/mol. The zero-order valence-corrected chi connectivity index (χ0v) is 11.4. The van der Waals surface area contributed by atoms with E-state index < -0.39 is 6.17 Å². The Bertz CT molecular complexity index is 546. The number of carbonyl (C=O) groups is 1. The molecular formula is C14H18N4O2. The molecule has 6 heteroatoms. The van der Waals surface area contributed by atoms with Crippen LogP contribution in [-0.2, 0) is 9.53 Å². The first-order chi connectivity index (χ1) is 9.68. The first kappa shape index (κ1) is 13.2. The minimum Gasteiger partial charge on any atom is -0.377 e. The third-order valence-electron chi connectivity index (χ3n) is 3.72. The van der Waals surface area contributed by atoms with Gasteiger partial charge in [-0.15, -0.1) is 0 Å². The van der Waals surface area contributed by atoms with Gasteiger partial charge >= 0.3 is 0 Å². The lowest BCUT2D eigenvalue weighted by Crippen LogP contribution is -2.58. The third-order valence-corrected chi connectivity index (χ3v) is 3.72. The number of carbonyl (C=O) groups excluding carboxylic acids is 1. The van der Waals surface area contributed by atoms with Gasteiger partial charge in [0.2, 0.25) is 0 Å². The van der Waals surface area contributed by atoms with Crippen molar-refractivity contribution in [3.05, 3.63) is 29.8 Å². The molecule has 0 aromatic heterocycles. The number of rotatable bonds is 1. The molecule has 1 aromatic carbocycles. The first-order valence-corrected chi connectivity index (χ1v) is 6.67. The fourth-order valence-corrected chi connectivity index (χ4v) is 2.55. The molecule has 1 aromatic rings. The smallest absolute Gasteiger partial charge is 0.267 e. The van der Waals surface area contributed by atoms with E-state index in [4.69, 9.17) is 10.5 Å². The number of hydrogen-bond donors (Lipinski definition) is 1. The van der Waals surface area contributed by atoms with Gasteiger partial charge in [0.1, 0.15) is 6.17 Å². The van der Waals surface area contributed by atoms with Crippen LogP contribution in [0.2, 0.25) is 0 Å². The molecule has 1 amide bonds. The van der Waals surface area contributed by atoms with Crippen molar-refractivity contribution in [3.63, 3.8) is 0 Å². The predicted octanol–water partition coefficient (Wildman–Crippen LogP) is 0.0250. The van der Waals surface area contributed by atoms with E-state index in [1.807, 2.05) is 31.3 Å². The average Bonchev–Trinajstić information content (AvgIpc) is 2.59. The zero-order valence-electron chi connectivity index (χ0n) is 11.4. The maximum Gasteiger partial charge on any atom is 0.267 e. The van der Waals surface area contributed by atoms with Crippen LogP contribution in [-0.4, -0.2) is 56.2 Å². The lowest BCUT2D eigenvalue weighted by atomic mass is 10.1. The maximum absolute atomic E-state index is 12.6. The van der Waals surface area contributed by atoms with Crippen LogP contribution in [0.5, 0.6) is 0 Å². The molecule has 2 aliphatic heterocycles. The van der Waals surface area contributed by atoms with Crippen LogP contribution in [0, 0.1) is 0 Å². The van der Waals surface area contributed by atoms with Crippen LogP contribution in [0.25, 0.3) is 0 Å². The SMILES string of the molecule is CN1CCOCC1N1C(=O)C(N)N=Cc2ccccc21. The second-order valence-corrected chi connectivity index (χ2v) is 5.03. The number of fused-ring (bicyclic) bond motifs is 1. The van der Waals surface area contributed by atoms with Gasteiger partial charge in [-0.05, 0) is 13.1 Å². The normalized spacial score (nSPS) is 27.3. The summed E-state index contributed by atoms with van der Waals surface area (Å²) in [6.45, 7) is 1.94. The second kappa shape index (κ2) is 5.32. The molecular weight excluding hydrogens is 256 g/mol. The largest absolute Gasteiger partial charge is 0.377 e. The number of nitrogens with two attached hydrogens (primary N) is 1. The van der Waals surface area contributed by atoms with Crippen LogP contribution < -0.4 is 10.6 Å². The Morgan fingerprint density at radius 3 is 3.00 bits per heavy atom. The van der Waals surface area contributed by atoms with Gasteiger partial charge in [0.05, 0.1) is 18.9 Å². The molecule has 2 heterocycles. The van der Waals surface area contributed by atoms with Gasteiger partial charge in [-0.1, -0.05) is 18.2 Å². The van der Waals surface area contributed by atoms with Gasteiger partial charge in [0.15, 0.2) is 6.17 Å². The van der Waals surface area contributed by atoms with E-state index in [2.05, 4.69) is 9.89 Å². The molecule has 6 nitrogen and oxygen atoms in total. The standard InChI is InChI=1S/C14H18N4O2/c1-17-6-7-20-9-12(17)18-11-5-3-2-4-10(11)8-16-13(15)14(18)19/h2-5,8,12-13H,6-7,9,15H2,1H3. The van der Waals surface area contributed by atoms with E-state index in [0.29, 0.717) is 13.2 Å². The molecule has 2 atom stereocenters. The number of anilines is 1. The van der Waals surface area contributed by atoms with Gasteiger partial charge in [0.25, 0.3) is 5.91 Å². The van der Waals surface area contributed by atoms with Crippen molar-refractivity contribution >= 4 is 17.8 Å². The number of ether oxygens (including phenoxy) is 1. The number of aliphatic imine (C=N–C) groups is 1. The number of morpholine rings is 1. The summed E-state index contributed by atoms with van der Waals surface area (Å²) >= 11 is 0. The molecule has 2 unspecified atom stereocenters. The van der Waals surface area contributed by atoms with Crippen LogP contribution >= 0.6 is 0 Å². The number of hydrogen-bond acceptors (Lipinski definition) is 5. The van der Waals surface area contributed by atoms with Crippen LogP contribution in [0.15, 0.2) is 29.3 Å². The summed E-state index contributed by atoms with van der Waals surface area (Å²) in [6.07, 6.45) is 0.657. The van der Waals surface area contributed by atoms with E-state index in [0.717, 1.165) is 17.8 Å². The quantitative estimate of drug-likeness (QED) is 0.784. The molecule has 0 bridgehead atoms. The number of amides is 1. The number of para-hydroxylation sites is 1. The molecule has 1 fully saturated rings. The number of nitrogens with zero attached hydrogens (tertiary/aromatic N) is 3. The molecule has 1 saturated heterocycles. The van der Waals surface area contributed by atoms with E-state index in [1.165, 1.54) is 0 Å². The summed E-state index contributed by atoms with van der Waals surface area (Å²) in [5.41, 5.74) is 7.58. The summed E-state index contributed by atoms with van der Waals surface area (Å²) in [5, 5.41) is 0. The molecule has 0 aliphatic carbocycles. The maximum atomic E-state index is 12.6. The third kappa shape index (κ3) is 2.22. The van der Waals surface area contributed by atoms with Crippen molar-refractivity contribution in [2.45, 2.75) is 12.3 Å². The minimum absolute atomic E-state index is 0.148. The summed E-state index contributed by atoms with van der Waals surface area (Å²) in [6, 6.07) is 7.68. The van der Waals surface area contributed by atoms with Gasteiger partial charge in [0, 0.05) is 18.3 Å². The van der Waals surface area contributed by atoms with Gasteiger partial charge < -0.3 is 10.5 Å². The van der Waals surface area contributed by atoms with E-state index in [-0.39, 0.29) is 12.1 Å². The fourth-order valence-electron chi connectivity index (χ4n) is 2.55. The Labute approximate surface area is 117 Å². The molecule has 20 heavy (non-hydrogen) atoms. The topological polar surface area (TPSA) is 71.2 Å². The Kier molecular flexibility index (Phi) is 3.52. The number of benzene rings is 1. The lowest BCUT2D eigenvalue weighted by Gasteiger charge is -2.40. The summed E-state index contributed by atoms with van der Waals surface area (Å²) in [5.74, 6) is -0.200. The summed E-state index contributed by atoms with van der Waals surface area (Å²) in [4.78, 5) is 20.5. The van der Waals surface area contributed by atoms with Gasteiger partial charge in [-0.3, -0.25) is 19.6 Å². The molecule has 106 valence electrons. The highest BCUT2D eigenvalue weighted by Crippen LogP contribution is 2.26. The Hall–Kier alpha value is -1.76. The van der Waals surface area contributed by atoms with Crippen LogP contribution in [0.3, 0.4) is 0 Å². The van der Waals surface area contributed by atoms with Gasteiger partial charge in [-0.25, -0.2) is 0 Å². The van der Waals surface area contributed by atoms with Crippen molar-refractivity contribution in [1.29, 1.82) is 0 Å². The molecule has 0 saturated carbocycles. The van der Waals surface area contributed by atoms with Crippen molar-refractivity contribution in [2.24, 2.45) is 10.7 Å². The molecule has 3 rings (SSSR count). The minimum atomic E-state index is -0.863.